The predicted molar refractivity (Wildman–Crippen MR) is 102 cm³/mol. The van der Waals surface area contributed by atoms with Crippen molar-refractivity contribution in [2.24, 2.45) is 16.5 Å². The number of methoxy groups -OCH3 is 1. The first-order valence-corrected chi connectivity index (χ1v) is 7.79. The number of phenols is 1. The molecule has 0 heterocycles. The Morgan fingerprint density at radius 3 is 2.46 bits per heavy atom. The Hall–Kier alpha value is -3.74. The minimum atomic E-state index is -0.457. The number of aliphatic imine (C=N–C) groups is 1. The summed E-state index contributed by atoms with van der Waals surface area (Å²) in [6, 6.07) is 15.6. The van der Waals surface area contributed by atoms with Gasteiger partial charge in [-0.2, -0.15) is 0 Å². The van der Waals surface area contributed by atoms with Crippen LogP contribution in [0.3, 0.4) is 0 Å². The molecule has 6 N–H and O–H groups in total. The van der Waals surface area contributed by atoms with E-state index in [0.29, 0.717) is 11.4 Å². The molecule has 7 heteroatoms. The van der Waals surface area contributed by atoms with Crippen LogP contribution in [0.25, 0.3) is 10.8 Å². The maximum Gasteiger partial charge on any atom is 0.259 e. The van der Waals surface area contributed by atoms with Gasteiger partial charge in [0, 0.05) is 11.1 Å². The van der Waals surface area contributed by atoms with Crippen LogP contribution in [0.2, 0.25) is 0 Å². The first-order chi connectivity index (χ1) is 12.5. The average Bonchev–Trinajstić information content (AvgIpc) is 2.62. The Bertz CT molecular complexity index is 994. The van der Waals surface area contributed by atoms with Crippen LogP contribution < -0.4 is 21.5 Å². The van der Waals surface area contributed by atoms with Gasteiger partial charge in [-0.15, -0.1) is 0 Å². The molecule has 0 aliphatic heterocycles. The lowest BCUT2D eigenvalue weighted by molar-refractivity contribution is 0.102. The third-order valence-electron chi connectivity index (χ3n) is 3.81. The highest BCUT2D eigenvalue weighted by molar-refractivity contribution is 6.10. The quantitative estimate of drug-likeness (QED) is 0.425. The second-order valence-corrected chi connectivity index (χ2v) is 5.56. The normalized spacial score (nSPS) is 10.3. The van der Waals surface area contributed by atoms with Crippen LogP contribution in [-0.4, -0.2) is 24.1 Å². The smallest absolute Gasteiger partial charge is 0.259 e. The number of hydrogen-bond acceptors (Lipinski definition) is 4. The lowest BCUT2D eigenvalue weighted by atomic mass is 10.0. The van der Waals surface area contributed by atoms with Crippen molar-refractivity contribution in [3.8, 4) is 11.5 Å². The van der Waals surface area contributed by atoms with Gasteiger partial charge in [-0.3, -0.25) is 4.79 Å². The number of fused-ring (bicyclic) bond motifs is 1. The van der Waals surface area contributed by atoms with Crippen molar-refractivity contribution in [2.45, 2.75) is 0 Å². The minimum absolute atomic E-state index is 0.0463. The zero-order valence-corrected chi connectivity index (χ0v) is 14.1. The number of ether oxygens (including phenoxy) is 1. The van der Waals surface area contributed by atoms with Crippen molar-refractivity contribution in [2.75, 3.05) is 12.4 Å². The zero-order valence-electron chi connectivity index (χ0n) is 14.1. The number of rotatable bonds is 4. The summed E-state index contributed by atoms with van der Waals surface area (Å²) in [6.07, 6.45) is 0. The van der Waals surface area contributed by atoms with Gasteiger partial charge in [0.15, 0.2) is 17.5 Å². The molecule has 3 aromatic carbocycles. The fourth-order valence-electron chi connectivity index (χ4n) is 2.65. The Morgan fingerprint density at radius 1 is 1.12 bits per heavy atom. The predicted octanol–water partition coefficient (Wildman–Crippen LogP) is 2.71. The fraction of sp³-hybridized carbons (Fsp3) is 0.0526. The SMILES string of the molecule is COc1c(O)c(C(=O)Nc2ccc(N=C(N)N)cc2)cc2ccccc12. The third kappa shape index (κ3) is 3.36. The van der Waals surface area contributed by atoms with Gasteiger partial charge in [0.05, 0.1) is 18.4 Å². The van der Waals surface area contributed by atoms with Gasteiger partial charge in [-0.05, 0) is 35.7 Å². The number of phenolic OH excluding ortho intramolecular Hbond substituents is 1. The molecule has 0 bridgehead atoms. The van der Waals surface area contributed by atoms with E-state index in [1.165, 1.54) is 7.11 Å². The summed E-state index contributed by atoms with van der Waals surface area (Å²) in [4.78, 5) is 16.5. The molecule has 0 radical (unpaired) electrons. The first kappa shape index (κ1) is 17.1. The van der Waals surface area contributed by atoms with Crippen LogP contribution in [0.5, 0.6) is 11.5 Å². The van der Waals surface area contributed by atoms with Gasteiger partial charge in [0.1, 0.15) is 0 Å². The number of carbonyl (C=O) groups is 1. The molecule has 3 rings (SSSR count). The molecule has 0 atom stereocenters. The molecular weight excluding hydrogens is 332 g/mol. The molecule has 0 spiro atoms. The lowest BCUT2D eigenvalue weighted by Crippen LogP contribution is -2.21. The number of carbonyl (C=O) groups excluding carboxylic acids is 1. The highest BCUT2D eigenvalue weighted by Crippen LogP contribution is 2.38. The van der Waals surface area contributed by atoms with Gasteiger partial charge >= 0.3 is 0 Å². The fourth-order valence-corrected chi connectivity index (χ4v) is 2.65. The van der Waals surface area contributed by atoms with Crippen LogP contribution in [-0.2, 0) is 0 Å². The summed E-state index contributed by atoms with van der Waals surface area (Å²) in [5.74, 6) is -0.451. The van der Waals surface area contributed by atoms with Gasteiger partial charge in [0.25, 0.3) is 5.91 Å². The lowest BCUT2D eigenvalue weighted by Gasteiger charge is -2.13. The van der Waals surface area contributed by atoms with E-state index in [0.717, 1.165) is 10.8 Å². The number of aromatic hydroxyl groups is 1. The number of benzene rings is 3. The van der Waals surface area contributed by atoms with E-state index >= 15 is 0 Å². The number of anilines is 1. The molecule has 3 aromatic rings. The van der Waals surface area contributed by atoms with Crippen LogP contribution in [0.1, 0.15) is 10.4 Å². The third-order valence-corrected chi connectivity index (χ3v) is 3.81. The van der Waals surface area contributed by atoms with E-state index < -0.39 is 5.91 Å². The van der Waals surface area contributed by atoms with Crippen molar-refractivity contribution in [3.05, 3.63) is 60.2 Å². The number of nitrogens with one attached hydrogen (secondary N) is 1. The highest BCUT2D eigenvalue weighted by Gasteiger charge is 2.18. The van der Waals surface area contributed by atoms with E-state index in [-0.39, 0.29) is 23.0 Å². The first-order valence-electron chi connectivity index (χ1n) is 7.79. The summed E-state index contributed by atoms with van der Waals surface area (Å²) in [5.41, 5.74) is 11.9. The topological polar surface area (TPSA) is 123 Å². The zero-order chi connectivity index (χ0) is 18.7. The monoisotopic (exact) mass is 350 g/mol. The van der Waals surface area contributed by atoms with Crippen molar-refractivity contribution in [3.63, 3.8) is 0 Å². The van der Waals surface area contributed by atoms with E-state index in [2.05, 4.69) is 10.3 Å². The van der Waals surface area contributed by atoms with Crippen molar-refractivity contribution in [1.82, 2.24) is 0 Å². The van der Waals surface area contributed by atoms with Crippen LogP contribution in [0, 0.1) is 0 Å². The molecule has 0 aromatic heterocycles. The molecular formula is C19H18N4O3. The summed E-state index contributed by atoms with van der Waals surface area (Å²) in [7, 11) is 1.45. The molecule has 0 saturated carbocycles. The molecule has 1 amide bonds. The second kappa shape index (κ2) is 7.02. The van der Waals surface area contributed by atoms with Gasteiger partial charge < -0.3 is 26.6 Å². The highest BCUT2D eigenvalue weighted by atomic mass is 16.5. The Kier molecular flexibility index (Phi) is 4.62. The van der Waals surface area contributed by atoms with Gasteiger partial charge in [0.2, 0.25) is 0 Å². The van der Waals surface area contributed by atoms with Crippen LogP contribution in [0.15, 0.2) is 59.6 Å². The summed E-state index contributed by atoms with van der Waals surface area (Å²) in [5, 5.41) is 14.7. The minimum Gasteiger partial charge on any atom is -0.504 e. The van der Waals surface area contributed by atoms with Crippen molar-refractivity contribution >= 4 is 34.0 Å². The molecule has 0 fully saturated rings. The Labute approximate surface area is 149 Å². The van der Waals surface area contributed by atoms with Crippen molar-refractivity contribution in [1.29, 1.82) is 0 Å². The van der Waals surface area contributed by atoms with E-state index in [1.54, 1.807) is 30.3 Å². The number of nitrogens with zero attached hydrogens (tertiary/aromatic N) is 1. The van der Waals surface area contributed by atoms with Gasteiger partial charge in [-0.1, -0.05) is 24.3 Å². The Morgan fingerprint density at radius 2 is 1.81 bits per heavy atom. The summed E-state index contributed by atoms with van der Waals surface area (Å²) < 4.78 is 5.28. The largest absolute Gasteiger partial charge is 0.504 e. The maximum absolute atomic E-state index is 12.6. The maximum atomic E-state index is 12.6. The van der Waals surface area contributed by atoms with Crippen LogP contribution >= 0.6 is 0 Å². The average molecular weight is 350 g/mol. The van der Waals surface area contributed by atoms with E-state index in [1.807, 2.05) is 24.3 Å². The molecule has 0 aliphatic carbocycles. The molecule has 26 heavy (non-hydrogen) atoms. The Balaban J connectivity index is 1.93. The van der Waals surface area contributed by atoms with Crippen LogP contribution in [0.4, 0.5) is 11.4 Å². The number of hydrogen-bond donors (Lipinski definition) is 4. The molecule has 0 aliphatic rings. The van der Waals surface area contributed by atoms with Gasteiger partial charge in [-0.25, -0.2) is 4.99 Å². The van der Waals surface area contributed by atoms with E-state index in [4.69, 9.17) is 16.2 Å². The standard InChI is InChI=1S/C19H18N4O3/c1-26-17-14-5-3-2-4-11(14)10-15(16(17)24)18(25)22-12-6-8-13(9-7-12)23-19(20)21/h2-10,24H,1H3,(H,22,25)(H4,20,21,23). The number of nitrogens with two attached hydrogens (primary N) is 2. The second-order valence-electron chi connectivity index (χ2n) is 5.56. The molecule has 0 unspecified atom stereocenters. The number of amides is 1. The van der Waals surface area contributed by atoms with E-state index in [9.17, 15) is 9.90 Å². The molecule has 0 saturated heterocycles. The molecule has 132 valence electrons. The number of guanidine groups is 1. The summed E-state index contributed by atoms with van der Waals surface area (Å²) >= 11 is 0. The van der Waals surface area contributed by atoms with Crippen molar-refractivity contribution < 1.29 is 14.6 Å². The molecule has 7 nitrogen and oxygen atoms in total. The summed E-state index contributed by atoms with van der Waals surface area (Å²) in [6.45, 7) is 0.